The molecule has 0 saturated carbocycles. The molecule has 0 aliphatic carbocycles. The Morgan fingerprint density at radius 1 is 0.444 bits per heavy atom. The van der Waals surface area contributed by atoms with Gasteiger partial charge in [0.15, 0.2) is 0 Å². The lowest BCUT2D eigenvalue weighted by molar-refractivity contribution is 0.515. The first-order valence-electron chi connectivity index (χ1n) is 12.6. The molecular formula is C25H50S2. The highest BCUT2D eigenvalue weighted by Gasteiger charge is 2.34. The van der Waals surface area contributed by atoms with Gasteiger partial charge in [-0.2, -0.15) is 0 Å². The molecule has 0 nitrogen and oxygen atoms in total. The molecule has 0 radical (unpaired) electrons. The predicted molar refractivity (Wildman–Crippen MR) is 131 cm³/mol. The van der Waals surface area contributed by atoms with Crippen LogP contribution in [0.2, 0.25) is 0 Å². The SMILES string of the molecule is CCCCCCCCCCCC1(CCCCCCCCCCC)SCCS1. The van der Waals surface area contributed by atoms with Crippen LogP contribution >= 0.6 is 23.5 Å². The summed E-state index contributed by atoms with van der Waals surface area (Å²) in [7, 11) is 0. The second-order valence-electron chi connectivity index (χ2n) is 8.76. The molecule has 0 atom stereocenters. The van der Waals surface area contributed by atoms with Crippen molar-refractivity contribution < 1.29 is 0 Å². The van der Waals surface area contributed by atoms with E-state index in [0.717, 1.165) is 0 Å². The van der Waals surface area contributed by atoms with Gasteiger partial charge in [-0.3, -0.25) is 0 Å². The molecule has 0 amide bonds. The van der Waals surface area contributed by atoms with Gasteiger partial charge in [-0.25, -0.2) is 0 Å². The van der Waals surface area contributed by atoms with Gasteiger partial charge in [0.05, 0.1) is 4.08 Å². The molecule has 1 aliphatic heterocycles. The van der Waals surface area contributed by atoms with Gasteiger partial charge in [0.2, 0.25) is 0 Å². The standard InChI is InChI=1S/C25H50S2/c1-3-5-7-9-11-13-15-17-19-21-25(26-23-24-27-25)22-20-18-16-14-12-10-8-6-4-2/h3-24H2,1-2H3. The molecule has 1 fully saturated rings. The summed E-state index contributed by atoms with van der Waals surface area (Å²) < 4.78 is 0.613. The lowest BCUT2D eigenvalue weighted by atomic mass is 10.0. The minimum atomic E-state index is 0.613. The van der Waals surface area contributed by atoms with Crippen LogP contribution < -0.4 is 0 Å². The Hall–Kier alpha value is 0.700. The van der Waals surface area contributed by atoms with Crippen LogP contribution in [0.5, 0.6) is 0 Å². The normalized spacial score (nSPS) is 16.2. The van der Waals surface area contributed by atoms with Crippen molar-refractivity contribution in [3.8, 4) is 0 Å². The molecule has 2 heteroatoms. The summed E-state index contributed by atoms with van der Waals surface area (Å²) in [6, 6.07) is 0. The topological polar surface area (TPSA) is 0 Å². The molecule has 0 aromatic carbocycles. The zero-order chi connectivity index (χ0) is 19.5. The summed E-state index contributed by atoms with van der Waals surface area (Å²) in [6.07, 6.45) is 29.3. The van der Waals surface area contributed by atoms with E-state index in [1.165, 1.54) is 140 Å². The van der Waals surface area contributed by atoms with E-state index in [0.29, 0.717) is 4.08 Å². The van der Waals surface area contributed by atoms with E-state index in [9.17, 15) is 0 Å². The highest BCUT2D eigenvalue weighted by Crippen LogP contribution is 2.50. The van der Waals surface area contributed by atoms with E-state index in [1.54, 1.807) is 0 Å². The zero-order valence-electron chi connectivity index (χ0n) is 18.9. The number of hydrogen-bond acceptors (Lipinski definition) is 2. The van der Waals surface area contributed by atoms with E-state index in [1.807, 2.05) is 0 Å². The maximum atomic E-state index is 2.31. The first-order chi connectivity index (χ1) is 13.3. The average molecular weight is 415 g/mol. The van der Waals surface area contributed by atoms with Crippen LogP contribution in [0.3, 0.4) is 0 Å². The van der Waals surface area contributed by atoms with Gasteiger partial charge >= 0.3 is 0 Å². The van der Waals surface area contributed by atoms with E-state index in [4.69, 9.17) is 0 Å². The highest BCUT2D eigenvalue weighted by atomic mass is 32.2. The van der Waals surface area contributed by atoms with Gasteiger partial charge < -0.3 is 0 Å². The number of unbranched alkanes of at least 4 members (excludes halogenated alkanes) is 16. The average Bonchev–Trinajstić information content (AvgIpc) is 3.14. The molecule has 162 valence electrons. The van der Waals surface area contributed by atoms with Gasteiger partial charge in [-0.1, -0.05) is 129 Å². The van der Waals surface area contributed by atoms with E-state index >= 15 is 0 Å². The molecule has 27 heavy (non-hydrogen) atoms. The lowest BCUT2D eigenvalue weighted by Crippen LogP contribution is -2.17. The summed E-state index contributed by atoms with van der Waals surface area (Å²) in [6.45, 7) is 4.62. The van der Waals surface area contributed by atoms with Crippen molar-refractivity contribution in [3.05, 3.63) is 0 Å². The summed E-state index contributed by atoms with van der Waals surface area (Å²) in [4.78, 5) is 0. The second kappa shape index (κ2) is 18.7. The monoisotopic (exact) mass is 414 g/mol. The van der Waals surface area contributed by atoms with Crippen LogP contribution in [0, 0.1) is 0 Å². The lowest BCUT2D eigenvalue weighted by Gasteiger charge is -2.27. The fourth-order valence-corrected chi connectivity index (χ4v) is 7.72. The van der Waals surface area contributed by atoms with Crippen molar-refractivity contribution in [1.29, 1.82) is 0 Å². The minimum Gasteiger partial charge on any atom is -0.143 e. The molecule has 0 bridgehead atoms. The zero-order valence-corrected chi connectivity index (χ0v) is 20.5. The van der Waals surface area contributed by atoms with Crippen LogP contribution in [0.4, 0.5) is 0 Å². The van der Waals surface area contributed by atoms with Crippen molar-refractivity contribution in [2.45, 2.75) is 146 Å². The van der Waals surface area contributed by atoms with Crippen LogP contribution in [0.1, 0.15) is 142 Å². The fraction of sp³-hybridized carbons (Fsp3) is 1.00. The quantitative estimate of drug-likeness (QED) is 0.182. The Kier molecular flexibility index (Phi) is 17.8. The Balaban J connectivity index is 1.98. The van der Waals surface area contributed by atoms with E-state index in [2.05, 4.69) is 37.4 Å². The highest BCUT2D eigenvalue weighted by molar-refractivity contribution is 8.21. The molecule has 1 heterocycles. The van der Waals surface area contributed by atoms with Crippen molar-refractivity contribution in [2.75, 3.05) is 11.5 Å². The Labute approximate surface area is 181 Å². The molecule has 0 aromatic heterocycles. The summed E-state index contributed by atoms with van der Waals surface area (Å²) in [5, 5.41) is 0. The van der Waals surface area contributed by atoms with Crippen molar-refractivity contribution in [3.63, 3.8) is 0 Å². The van der Waals surface area contributed by atoms with Gasteiger partial charge in [-0.15, -0.1) is 23.5 Å². The third kappa shape index (κ3) is 14.3. The third-order valence-electron chi connectivity index (χ3n) is 6.14. The Morgan fingerprint density at radius 2 is 0.741 bits per heavy atom. The molecule has 0 unspecified atom stereocenters. The molecule has 0 N–H and O–H groups in total. The van der Waals surface area contributed by atoms with E-state index < -0.39 is 0 Å². The van der Waals surface area contributed by atoms with Crippen molar-refractivity contribution in [2.24, 2.45) is 0 Å². The number of hydrogen-bond donors (Lipinski definition) is 0. The van der Waals surface area contributed by atoms with Gasteiger partial charge in [0.1, 0.15) is 0 Å². The molecule has 1 aliphatic rings. The van der Waals surface area contributed by atoms with Crippen LogP contribution in [-0.4, -0.2) is 15.6 Å². The summed E-state index contributed by atoms with van der Waals surface area (Å²) in [5.74, 6) is 2.80. The third-order valence-corrected chi connectivity index (χ3v) is 9.79. The molecule has 1 rings (SSSR count). The first-order valence-corrected chi connectivity index (χ1v) is 14.6. The summed E-state index contributed by atoms with van der Waals surface area (Å²) >= 11 is 4.62. The molecule has 0 aromatic rings. The fourth-order valence-electron chi connectivity index (χ4n) is 4.32. The van der Waals surface area contributed by atoms with Gasteiger partial charge in [0.25, 0.3) is 0 Å². The number of thioether (sulfide) groups is 2. The second-order valence-corrected chi connectivity index (χ2v) is 12.0. The molecule has 1 saturated heterocycles. The Morgan fingerprint density at radius 3 is 1.07 bits per heavy atom. The van der Waals surface area contributed by atoms with Crippen molar-refractivity contribution in [1.82, 2.24) is 0 Å². The molecular weight excluding hydrogens is 364 g/mol. The number of rotatable bonds is 20. The molecule has 0 spiro atoms. The first kappa shape index (κ1) is 25.7. The Bertz CT molecular complexity index is 273. The smallest absolute Gasteiger partial charge is 0.0611 e. The maximum Gasteiger partial charge on any atom is 0.0611 e. The van der Waals surface area contributed by atoms with E-state index in [-0.39, 0.29) is 0 Å². The largest absolute Gasteiger partial charge is 0.143 e. The van der Waals surface area contributed by atoms with Crippen LogP contribution in [0.25, 0.3) is 0 Å². The predicted octanol–water partition coefficient (Wildman–Crippen LogP) is 10.0. The van der Waals surface area contributed by atoms with Crippen LogP contribution in [0.15, 0.2) is 0 Å². The summed E-state index contributed by atoms with van der Waals surface area (Å²) in [5.41, 5.74) is 0. The minimum absolute atomic E-state index is 0.613. The van der Waals surface area contributed by atoms with Crippen molar-refractivity contribution >= 4 is 23.5 Å². The van der Waals surface area contributed by atoms with Gasteiger partial charge in [0, 0.05) is 11.5 Å². The van der Waals surface area contributed by atoms with Gasteiger partial charge in [-0.05, 0) is 12.8 Å². The van der Waals surface area contributed by atoms with Crippen LogP contribution in [-0.2, 0) is 0 Å². The maximum absolute atomic E-state index is 2.31.